The van der Waals surface area contributed by atoms with Crippen LogP contribution in [0.25, 0.3) is 0 Å². The van der Waals surface area contributed by atoms with E-state index in [1.807, 2.05) is 16.9 Å². The van der Waals surface area contributed by atoms with Gasteiger partial charge in [0.05, 0.1) is 5.69 Å². The fourth-order valence-electron chi connectivity index (χ4n) is 1.23. The molecule has 0 aliphatic rings. The largest absolute Gasteiger partial charge is 0.385 e. The van der Waals surface area contributed by atoms with Crippen molar-refractivity contribution in [2.45, 2.75) is 26.4 Å². The van der Waals surface area contributed by atoms with E-state index >= 15 is 0 Å². The number of hydrogen-bond donors (Lipinski definition) is 1. The van der Waals surface area contributed by atoms with Crippen molar-refractivity contribution in [2.75, 3.05) is 20.3 Å². The number of ether oxygens (including phenoxy) is 1. The van der Waals surface area contributed by atoms with Crippen LogP contribution in [0.2, 0.25) is 0 Å². The predicted octanol–water partition coefficient (Wildman–Crippen LogP) is 1.03. The summed E-state index contributed by atoms with van der Waals surface area (Å²) in [6.07, 6.45) is 3.05. The van der Waals surface area contributed by atoms with Gasteiger partial charge in [0, 0.05) is 33.0 Å². The van der Waals surface area contributed by atoms with Gasteiger partial charge in [0.25, 0.3) is 0 Å². The minimum atomic E-state index is 0.816. The number of nitrogens with zero attached hydrogens (tertiary/aromatic N) is 2. The van der Waals surface area contributed by atoms with Crippen molar-refractivity contribution in [3.8, 4) is 0 Å². The van der Waals surface area contributed by atoms with Crippen molar-refractivity contribution in [2.24, 2.45) is 0 Å². The third kappa shape index (κ3) is 3.89. The Morgan fingerprint density at radius 3 is 3.07 bits per heavy atom. The van der Waals surface area contributed by atoms with E-state index in [0.29, 0.717) is 0 Å². The molecule has 0 aliphatic heterocycles. The summed E-state index contributed by atoms with van der Waals surface area (Å²) in [6, 6.07) is 2.05. The second-order valence-electron chi connectivity index (χ2n) is 3.19. The van der Waals surface area contributed by atoms with Crippen LogP contribution in [0.3, 0.4) is 0 Å². The molecular weight excluding hydrogens is 178 g/mol. The summed E-state index contributed by atoms with van der Waals surface area (Å²) in [7, 11) is 1.73. The van der Waals surface area contributed by atoms with Gasteiger partial charge in [-0.05, 0) is 26.0 Å². The maximum absolute atomic E-state index is 4.96. The van der Waals surface area contributed by atoms with Gasteiger partial charge in [-0.15, -0.1) is 0 Å². The highest BCUT2D eigenvalue weighted by molar-refractivity contribution is 4.98. The molecule has 0 atom stereocenters. The third-order valence-electron chi connectivity index (χ3n) is 2.03. The Kier molecular flexibility index (Phi) is 5.25. The molecule has 0 unspecified atom stereocenters. The smallest absolute Gasteiger partial charge is 0.0762 e. The maximum Gasteiger partial charge on any atom is 0.0762 e. The average Bonchev–Trinajstić information content (AvgIpc) is 2.65. The summed E-state index contributed by atoms with van der Waals surface area (Å²) in [6.45, 7) is 5.66. The number of rotatable bonds is 7. The highest BCUT2D eigenvalue weighted by Gasteiger charge is 1.96. The molecule has 0 aromatic carbocycles. The molecule has 1 heterocycles. The summed E-state index contributed by atoms with van der Waals surface area (Å²) >= 11 is 0. The lowest BCUT2D eigenvalue weighted by atomic mass is 10.4. The Hall–Kier alpha value is -0.870. The minimum Gasteiger partial charge on any atom is -0.385 e. The first-order chi connectivity index (χ1) is 6.86. The van der Waals surface area contributed by atoms with Gasteiger partial charge in [0.15, 0.2) is 0 Å². The predicted molar refractivity (Wildman–Crippen MR) is 56.1 cm³/mol. The van der Waals surface area contributed by atoms with Crippen molar-refractivity contribution in [3.05, 3.63) is 18.0 Å². The lowest BCUT2D eigenvalue weighted by molar-refractivity contribution is 0.194. The molecule has 4 nitrogen and oxygen atoms in total. The number of methoxy groups -OCH3 is 1. The molecule has 0 bridgehead atoms. The van der Waals surface area contributed by atoms with Crippen molar-refractivity contribution in [3.63, 3.8) is 0 Å². The lowest BCUT2D eigenvalue weighted by Gasteiger charge is -2.01. The van der Waals surface area contributed by atoms with Crippen molar-refractivity contribution < 1.29 is 4.74 Å². The number of aryl methyl sites for hydroxylation is 1. The van der Waals surface area contributed by atoms with Crippen LogP contribution in [0.15, 0.2) is 12.3 Å². The van der Waals surface area contributed by atoms with Crippen LogP contribution in [0.1, 0.15) is 19.0 Å². The van der Waals surface area contributed by atoms with Crippen molar-refractivity contribution in [1.29, 1.82) is 0 Å². The second kappa shape index (κ2) is 6.56. The molecular formula is C10H19N3O. The van der Waals surface area contributed by atoms with Crippen molar-refractivity contribution >= 4 is 0 Å². The summed E-state index contributed by atoms with van der Waals surface area (Å²) in [5, 5.41) is 7.69. The molecule has 1 rings (SSSR count). The zero-order chi connectivity index (χ0) is 10.2. The number of hydrogen-bond acceptors (Lipinski definition) is 3. The van der Waals surface area contributed by atoms with Gasteiger partial charge < -0.3 is 10.1 Å². The molecule has 4 heteroatoms. The quantitative estimate of drug-likeness (QED) is 0.664. The Bertz CT molecular complexity index is 247. The van der Waals surface area contributed by atoms with Crippen LogP contribution in [-0.4, -0.2) is 30.0 Å². The highest BCUT2D eigenvalue weighted by atomic mass is 16.5. The first kappa shape index (κ1) is 11.2. The monoisotopic (exact) mass is 197 g/mol. The highest BCUT2D eigenvalue weighted by Crippen LogP contribution is 1.94. The standard InChI is InChI=1S/C10H19N3O/c1-3-13-7-5-10(12-13)9-11-6-4-8-14-2/h5,7,11H,3-4,6,8-9H2,1-2H3. The molecule has 0 aliphatic carbocycles. The third-order valence-corrected chi connectivity index (χ3v) is 2.03. The van der Waals surface area contributed by atoms with Gasteiger partial charge in [-0.25, -0.2) is 0 Å². The van der Waals surface area contributed by atoms with Crippen LogP contribution >= 0.6 is 0 Å². The maximum atomic E-state index is 4.96. The Balaban J connectivity index is 2.12. The second-order valence-corrected chi connectivity index (χ2v) is 3.19. The van der Waals surface area contributed by atoms with Gasteiger partial charge in [0.1, 0.15) is 0 Å². The molecule has 0 radical (unpaired) electrons. The average molecular weight is 197 g/mol. The van der Waals surface area contributed by atoms with Gasteiger partial charge in [0.2, 0.25) is 0 Å². The van der Waals surface area contributed by atoms with Crippen molar-refractivity contribution in [1.82, 2.24) is 15.1 Å². The Labute approximate surface area is 85.3 Å². The normalized spacial score (nSPS) is 10.7. The van der Waals surface area contributed by atoms with Crippen LogP contribution in [0.4, 0.5) is 0 Å². The summed E-state index contributed by atoms with van der Waals surface area (Å²) in [5.74, 6) is 0. The topological polar surface area (TPSA) is 39.1 Å². The summed E-state index contributed by atoms with van der Waals surface area (Å²) < 4.78 is 6.89. The molecule has 0 saturated carbocycles. The van der Waals surface area contributed by atoms with E-state index in [4.69, 9.17) is 4.74 Å². The zero-order valence-electron chi connectivity index (χ0n) is 8.99. The first-order valence-electron chi connectivity index (χ1n) is 5.08. The summed E-state index contributed by atoms with van der Waals surface area (Å²) in [5.41, 5.74) is 1.10. The van der Waals surface area contributed by atoms with E-state index in [9.17, 15) is 0 Å². The lowest BCUT2D eigenvalue weighted by Crippen LogP contribution is -2.16. The van der Waals surface area contributed by atoms with E-state index in [-0.39, 0.29) is 0 Å². The molecule has 1 aromatic heterocycles. The SMILES string of the molecule is CCn1ccc(CNCCCOC)n1. The molecule has 0 fully saturated rings. The molecule has 1 N–H and O–H groups in total. The molecule has 0 spiro atoms. The fourth-order valence-corrected chi connectivity index (χ4v) is 1.23. The fraction of sp³-hybridized carbons (Fsp3) is 0.700. The van der Waals surface area contributed by atoms with E-state index in [1.165, 1.54) is 0 Å². The van der Waals surface area contributed by atoms with E-state index in [2.05, 4.69) is 17.3 Å². The van der Waals surface area contributed by atoms with Gasteiger partial charge in [-0.2, -0.15) is 5.10 Å². The van der Waals surface area contributed by atoms with E-state index in [1.54, 1.807) is 7.11 Å². The van der Waals surface area contributed by atoms with Gasteiger partial charge >= 0.3 is 0 Å². The summed E-state index contributed by atoms with van der Waals surface area (Å²) in [4.78, 5) is 0. The van der Waals surface area contributed by atoms with Gasteiger partial charge in [-0.3, -0.25) is 4.68 Å². The molecule has 14 heavy (non-hydrogen) atoms. The molecule has 0 saturated heterocycles. The van der Waals surface area contributed by atoms with E-state index in [0.717, 1.165) is 38.4 Å². The molecule has 0 amide bonds. The van der Waals surface area contributed by atoms with Crippen LogP contribution < -0.4 is 5.32 Å². The molecule has 80 valence electrons. The Morgan fingerprint density at radius 1 is 1.57 bits per heavy atom. The first-order valence-corrected chi connectivity index (χ1v) is 5.08. The molecule has 1 aromatic rings. The zero-order valence-corrected chi connectivity index (χ0v) is 8.99. The van der Waals surface area contributed by atoms with Gasteiger partial charge in [-0.1, -0.05) is 0 Å². The number of aromatic nitrogens is 2. The van der Waals surface area contributed by atoms with Crippen LogP contribution in [0, 0.1) is 0 Å². The minimum absolute atomic E-state index is 0.816. The Morgan fingerprint density at radius 2 is 2.43 bits per heavy atom. The van der Waals surface area contributed by atoms with Crippen LogP contribution in [-0.2, 0) is 17.8 Å². The van der Waals surface area contributed by atoms with E-state index < -0.39 is 0 Å². The van der Waals surface area contributed by atoms with Crippen LogP contribution in [0.5, 0.6) is 0 Å². The number of nitrogens with one attached hydrogen (secondary N) is 1.